The van der Waals surface area contributed by atoms with Crippen LogP contribution in [0.1, 0.15) is 11.1 Å². The molecule has 0 aliphatic carbocycles. The highest BCUT2D eigenvalue weighted by atomic mass is 35.5. The fraction of sp³-hybridized carbons (Fsp3) is 0.0625. The number of nitro benzene ring substituents is 1. The van der Waals surface area contributed by atoms with Crippen molar-refractivity contribution in [2.45, 2.75) is 6.92 Å². The number of nitrogens with zero attached hydrogens (tertiary/aromatic N) is 2. The number of halogens is 2. The zero-order chi connectivity index (χ0) is 19.3. The largest absolute Gasteiger partial charge is 0.329 e. The summed E-state index contributed by atoms with van der Waals surface area (Å²) in [7, 11) is 0. The number of amides is 2. The van der Waals surface area contributed by atoms with Crippen molar-refractivity contribution in [2.24, 2.45) is 5.10 Å². The number of hydrazone groups is 1. The topological polar surface area (TPSA) is 114 Å². The van der Waals surface area contributed by atoms with Crippen molar-refractivity contribution in [3.8, 4) is 0 Å². The SMILES string of the molecule is Cc1c(Cl)cccc1NC(=O)C(=O)N/N=C/c1ccc(Cl)c([N+](=O)[O-])c1. The third-order valence-corrected chi connectivity index (χ3v) is 4.00. The predicted octanol–water partition coefficient (Wildman–Crippen LogP) is 3.30. The number of nitrogens with one attached hydrogen (secondary N) is 2. The molecule has 0 unspecified atom stereocenters. The van der Waals surface area contributed by atoms with Crippen LogP contribution in [0.25, 0.3) is 0 Å². The van der Waals surface area contributed by atoms with Crippen molar-refractivity contribution in [2.75, 3.05) is 5.32 Å². The van der Waals surface area contributed by atoms with E-state index in [0.29, 0.717) is 21.8 Å². The molecule has 2 aromatic carbocycles. The lowest BCUT2D eigenvalue weighted by Gasteiger charge is -2.08. The minimum Gasteiger partial charge on any atom is -0.317 e. The van der Waals surface area contributed by atoms with Crippen molar-refractivity contribution in [3.63, 3.8) is 0 Å². The molecule has 2 N–H and O–H groups in total. The molecule has 2 aromatic rings. The molecule has 8 nitrogen and oxygen atoms in total. The van der Waals surface area contributed by atoms with E-state index in [1.54, 1.807) is 25.1 Å². The van der Waals surface area contributed by atoms with Gasteiger partial charge in [0.05, 0.1) is 11.1 Å². The van der Waals surface area contributed by atoms with Gasteiger partial charge in [0, 0.05) is 22.3 Å². The van der Waals surface area contributed by atoms with Crippen LogP contribution in [0.4, 0.5) is 11.4 Å². The monoisotopic (exact) mass is 394 g/mol. The van der Waals surface area contributed by atoms with Crippen LogP contribution in [-0.2, 0) is 9.59 Å². The Morgan fingerprint density at radius 3 is 2.58 bits per heavy atom. The average Bonchev–Trinajstić information content (AvgIpc) is 2.60. The van der Waals surface area contributed by atoms with E-state index in [4.69, 9.17) is 23.2 Å². The molecule has 0 fully saturated rings. The quantitative estimate of drug-likeness (QED) is 0.358. The van der Waals surface area contributed by atoms with E-state index >= 15 is 0 Å². The molecule has 0 spiro atoms. The second kappa shape index (κ2) is 8.41. The Morgan fingerprint density at radius 2 is 1.88 bits per heavy atom. The first kappa shape index (κ1) is 19.4. The van der Waals surface area contributed by atoms with Crippen molar-refractivity contribution in [1.29, 1.82) is 0 Å². The number of nitro groups is 1. The standard InChI is InChI=1S/C16H12Cl2N4O4/c1-9-11(17)3-2-4-13(9)20-15(23)16(24)21-19-8-10-5-6-12(18)14(7-10)22(25)26/h2-8H,1H3,(H,20,23)(H,21,24)/b19-8+. The molecule has 0 saturated heterocycles. The summed E-state index contributed by atoms with van der Waals surface area (Å²) in [5, 5.41) is 17.3. The number of hydrogen-bond acceptors (Lipinski definition) is 5. The molecular weight excluding hydrogens is 383 g/mol. The summed E-state index contributed by atoms with van der Waals surface area (Å²) in [6.45, 7) is 1.70. The fourth-order valence-electron chi connectivity index (χ4n) is 1.89. The molecule has 0 saturated carbocycles. The van der Waals surface area contributed by atoms with Gasteiger partial charge in [0.2, 0.25) is 0 Å². The molecule has 26 heavy (non-hydrogen) atoms. The molecule has 0 aromatic heterocycles. The van der Waals surface area contributed by atoms with Crippen LogP contribution in [0.3, 0.4) is 0 Å². The van der Waals surface area contributed by atoms with Crippen molar-refractivity contribution in [3.05, 3.63) is 67.7 Å². The summed E-state index contributed by atoms with van der Waals surface area (Å²) in [6, 6.07) is 8.88. The summed E-state index contributed by atoms with van der Waals surface area (Å²) < 4.78 is 0. The molecule has 134 valence electrons. The maximum Gasteiger partial charge on any atom is 0.329 e. The molecule has 0 bridgehead atoms. The molecule has 0 radical (unpaired) electrons. The molecule has 0 aliphatic heterocycles. The van der Waals surface area contributed by atoms with Gasteiger partial charge in [-0.15, -0.1) is 0 Å². The van der Waals surface area contributed by atoms with Gasteiger partial charge >= 0.3 is 11.8 Å². The highest BCUT2D eigenvalue weighted by molar-refractivity contribution is 6.40. The van der Waals surface area contributed by atoms with Gasteiger partial charge in [0.25, 0.3) is 5.69 Å². The molecule has 10 heteroatoms. The van der Waals surface area contributed by atoms with E-state index in [-0.39, 0.29) is 10.7 Å². The van der Waals surface area contributed by atoms with E-state index in [1.165, 1.54) is 18.2 Å². The van der Waals surface area contributed by atoms with Crippen LogP contribution in [0, 0.1) is 17.0 Å². The average molecular weight is 395 g/mol. The van der Waals surface area contributed by atoms with Crippen LogP contribution in [-0.4, -0.2) is 23.0 Å². The lowest BCUT2D eigenvalue weighted by molar-refractivity contribution is -0.384. The van der Waals surface area contributed by atoms with E-state index in [9.17, 15) is 19.7 Å². The second-order valence-corrected chi connectivity index (χ2v) is 5.85. The molecule has 0 heterocycles. The van der Waals surface area contributed by atoms with Crippen molar-refractivity contribution in [1.82, 2.24) is 5.43 Å². The predicted molar refractivity (Wildman–Crippen MR) is 98.7 cm³/mol. The van der Waals surface area contributed by atoms with Gasteiger partial charge in [0.15, 0.2) is 0 Å². The number of benzene rings is 2. The molecular formula is C16H12Cl2N4O4. The van der Waals surface area contributed by atoms with Crippen LogP contribution >= 0.6 is 23.2 Å². The normalized spacial score (nSPS) is 10.6. The maximum absolute atomic E-state index is 11.9. The van der Waals surface area contributed by atoms with Gasteiger partial charge in [0.1, 0.15) is 5.02 Å². The summed E-state index contributed by atoms with van der Waals surface area (Å²) in [5.41, 5.74) is 3.08. The maximum atomic E-state index is 11.9. The summed E-state index contributed by atoms with van der Waals surface area (Å²) in [6.07, 6.45) is 1.15. The first-order valence-corrected chi connectivity index (χ1v) is 7.88. The van der Waals surface area contributed by atoms with Crippen LogP contribution in [0.5, 0.6) is 0 Å². The first-order chi connectivity index (χ1) is 12.3. The third-order valence-electron chi connectivity index (χ3n) is 3.27. The number of carbonyl (C=O) groups excluding carboxylic acids is 2. The Hall–Kier alpha value is -2.97. The van der Waals surface area contributed by atoms with Gasteiger partial charge in [-0.3, -0.25) is 19.7 Å². The molecule has 2 rings (SSSR count). The van der Waals surface area contributed by atoms with Crippen LogP contribution in [0.15, 0.2) is 41.5 Å². The Labute approximate surface area is 157 Å². The fourth-order valence-corrected chi connectivity index (χ4v) is 2.25. The van der Waals surface area contributed by atoms with Gasteiger partial charge in [-0.05, 0) is 30.7 Å². The van der Waals surface area contributed by atoms with Gasteiger partial charge in [-0.25, -0.2) is 5.43 Å². The third kappa shape index (κ3) is 4.78. The van der Waals surface area contributed by atoms with Gasteiger partial charge in [-0.2, -0.15) is 5.10 Å². The van der Waals surface area contributed by atoms with E-state index in [0.717, 1.165) is 6.21 Å². The van der Waals surface area contributed by atoms with Gasteiger partial charge < -0.3 is 5.32 Å². The molecule has 0 atom stereocenters. The van der Waals surface area contributed by atoms with Gasteiger partial charge in [-0.1, -0.05) is 35.3 Å². The van der Waals surface area contributed by atoms with E-state index in [1.807, 2.05) is 5.43 Å². The smallest absolute Gasteiger partial charge is 0.317 e. The van der Waals surface area contributed by atoms with Crippen LogP contribution < -0.4 is 10.7 Å². The van der Waals surface area contributed by atoms with Crippen molar-refractivity contribution >= 4 is 52.6 Å². The highest BCUT2D eigenvalue weighted by Gasteiger charge is 2.15. The number of carbonyl (C=O) groups is 2. The number of anilines is 1. The minimum absolute atomic E-state index is 0.0209. The van der Waals surface area contributed by atoms with Crippen LogP contribution in [0.2, 0.25) is 10.0 Å². The lowest BCUT2D eigenvalue weighted by Crippen LogP contribution is -2.32. The Balaban J connectivity index is 2.00. The first-order valence-electron chi connectivity index (χ1n) is 7.13. The Bertz CT molecular complexity index is 915. The highest BCUT2D eigenvalue weighted by Crippen LogP contribution is 2.24. The second-order valence-electron chi connectivity index (χ2n) is 5.03. The number of rotatable bonds is 4. The van der Waals surface area contributed by atoms with E-state index in [2.05, 4.69) is 10.4 Å². The lowest BCUT2D eigenvalue weighted by atomic mass is 10.2. The summed E-state index contributed by atoms with van der Waals surface area (Å²) >= 11 is 11.6. The Kier molecular flexibility index (Phi) is 6.26. The number of hydrogen-bond donors (Lipinski definition) is 2. The summed E-state index contributed by atoms with van der Waals surface area (Å²) in [4.78, 5) is 33.8. The van der Waals surface area contributed by atoms with Crippen molar-refractivity contribution < 1.29 is 14.5 Å². The Morgan fingerprint density at radius 1 is 1.15 bits per heavy atom. The zero-order valence-electron chi connectivity index (χ0n) is 13.3. The molecule has 0 aliphatic rings. The molecule has 2 amide bonds. The van der Waals surface area contributed by atoms with E-state index < -0.39 is 16.7 Å². The zero-order valence-corrected chi connectivity index (χ0v) is 14.8. The minimum atomic E-state index is -1.01. The summed E-state index contributed by atoms with van der Waals surface area (Å²) in [5.74, 6) is -1.95.